The number of hydrogen-bond acceptors (Lipinski definition) is 3. The van der Waals surface area contributed by atoms with E-state index in [9.17, 15) is 13.2 Å². The van der Waals surface area contributed by atoms with Crippen molar-refractivity contribution < 1.29 is 18.3 Å². The maximum absolute atomic E-state index is 12.9. The molecular weight excluding hydrogens is 185 g/mol. The number of alkyl halides is 2. The quantitative estimate of drug-likeness (QED) is 0.742. The van der Waals surface area contributed by atoms with Crippen molar-refractivity contribution >= 4 is 0 Å². The highest BCUT2D eigenvalue weighted by Gasteiger charge is 2.19. The largest absolute Gasteiger partial charge is 0.503 e. The maximum Gasteiger partial charge on any atom is 0.284 e. The van der Waals surface area contributed by atoms with E-state index in [0.29, 0.717) is 0 Å². The zero-order valence-electron chi connectivity index (χ0n) is 6.47. The summed E-state index contributed by atoms with van der Waals surface area (Å²) in [4.78, 5) is 3.19. The molecule has 13 heavy (non-hydrogen) atoms. The minimum absolute atomic E-state index is 0.0955. The van der Waals surface area contributed by atoms with Gasteiger partial charge in [-0.15, -0.1) is 0 Å². The van der Waals surface area contributed by atoms with E-state index in [2.05, 4.69) is 4.98 Å². The number of hydrogen-bond donors (Lipinski definition) is 2. The van der Waals surface area contributed by atoms with Gasteiger partial charge >= 0.3 is 0 Å². The lowest BCUT2D eigenvalue weighted by molar-refractivity contribution is 0.140. The predicted octanol–water partition coefficient (Wildman–Crippen LogP) is 1.32. The molecule has 0 spiro atoms. The summed E-state index contributed by atoms with van der Waals surface area (Å²) in [7, 11) is 0. The van der Waals surface area contributed by atoms with Crippen LogP contribution in [-0.4, -0.2) is 10.1 Å². The molecule has 3 nitrogen and oxygen atoms in total. The highest BCUT2D eigenvalue weighted by molar-refractivity contribution is 5.33. The summed E-state index contributed by atoms with van der Waals surface area (Å²) in [6.45, 7) is -0.199. The number of nitrogens with zero attached hydrogens (tertiary/aromatic N) is 1. The Morgan fingerprint density at radius 2 is 2.15 bits per heavy atom. The minimum Gasteiger partial charge on any atom is -0.503 e. The van der Waals surface area contributed by atoms with E-state index in [1.165, 1.54) is 0 Å². The molecule has 0 amide bonds. The second-order valence-electron chi connectivity index (χ2n) is 2.34. The molecule has 1 heterocycles. The van der Waals surface area contributed by atoms with Gasteiger partial charge in [0, 0.05) is 18.3 Å². The molecule has 0 fully saturated rings. The average molecular weight is 192 g/mol. The van der Waals surface area contributed by atoms with Crippen LogP contribution in [0.3, 0.4) is 0 Å². The Hall–Kier alpha value is -1.30. The fourth-order valence-electron chi connectivity index (χ4n) is 0.832. The number of nitrogens with two attached hydrogens (primary N) is 1. The fraction of sp³-hybridized carbons (Fsp3) is 0.286. The lowest BCUT2D eigenvalue weighted by atomic mass is 10.2. The van der Waals surface area contributed by atoms with Gasteiger partial charge in [0.1, 0.15) is 0 Å². The van der Waals surface area contributed by atoms with Gasteiger partial charge in [0.05, 0.1) is 0 Å². The zero-order valence-corrected chi connectivity index (χ0v) is 6.47. The smallest absolute Gasteiger partial charge is 0.284 e. The van der Waals surface area contributed by atoms with Crippen LogP contribution in [0.25, 0.3) is 0 Å². The van der Waals surface area contributed by atoms with E-state index in [0.717, 1.165) is 6.20 Å². The van der Waals surface area contributed by atoms with E-state index in [1.54, 1.807) is 0 Å². The average Bonchev–Trinajstić information content (AvgIpc) is 2.09. The SMILES string of the molecule is NCc1cnc(C(F)F)c(O)c1F. The highest BCUT2D eigenvalue weighted by Crippen LogP contribution is 2.29. The number of halogens is 3. The molecule has 1 rings (SSSR count). The first-order chi connectivity index (χ1) is 6.07. The van der Waals surface area contributed by atoms with E-state index in [1.807, 2.05) is 0 Å². The van der Waals surface area contributed by atoms with Crippen LogP contribution >= 0.6 is 0 Å². The van der Waals surface area contributed by atoms with E-state index in [4.69, 9.17) is 10.8 Å². The van der Waals surface area contributed by atoms with Crippen LogP contribution in [0.5, 0.6) is 5.75 Å². The Balaban J connectivity index is 3.23. The maximum atomic E-state index is 12.9. The topological polar surface area (TPSA) is 59.1 Å². The Kier molecular flexibility index (Phi) is 2.72. The molecule has 0 atom stereocenters. The van der Waals surface area contributed by atoms with E-state index >= 15 is 0 Å². The van der Waals surface area contributed by atoms with Crippen molar-refractivity contribution in [2.75, 3.05) is 0 Å². The van der Waals surface area contributed by atoms with E-state index < -0.39 is 23.7 Å². The molecule has 6 heteroatoms. The molecule has 1 aromatic rings. The minimum atomic E-state index is -3.00. The normalized spacial score (nSPS) is 10.8. The molecule has 0 saturated carbocycles. The molecule has 3 N–H and O–H groups in total. The predicted molar refractivity (Wildman–Crippen MR) is 38.7 cm³/mol. The summed E-state index contributed by atoms with van der Waals surface area (Å²) in [5, 5.41) is 8.91. The van der Waals surface area contributed by atoms with Gasteiger partial charge in [-0.2, -0.15) is 0 Å². The van der Waals surface area contributed by atoms with Crippen molar-refractivity contribution in [3.8, 4) is 5.75 Å². The standard InChI is InChI=1S/C7H7F3N2O/c8-4-3(1-11)2-12-5(6(4)13)7(9)10/h2,7,13H,1,11H2. The summed E-state index contributed by atoms with van der Waals surface area (Å²) in [5.41, 5.74) is 4.01. The van der Waals surface area contributed by atoms with Gasteiger partial charge in [-0.05, 0) is 0 Å². The second-order valence-corrected chi connectivity index (χ2v) is 2.34. The van der Waals surface area contributed by atoms with Crippen molar-refractivity contribution in [3.05, 3.63) is 23.3 Å². The van der Waals surface area contributed by atoms with Gasteiger partial charge in [-0.25, -0.2) is 13.2 Å². The lowest BCUT2D eigenvalue weighted by Crippen LogP contribution is -2.03. The van der Waals surface area contributed by atoms with Crippen molar-refractivity contribution in [1.29, 1.82) is 0 Å². The van der Waals surface area contributed by atoms with Crippen LogP contribution in [0.1, 0.15) is 17.7 Å². The van der Waals surface area contributed by atoms with Crippen LogP contribution in [-0.2, 0) is 6.54 Å². The summed E-state index contributed by atoms with van der Waals surface area (Å²) in [5.74, 6) is -2.26. The Labute approximate surface area is 72.0 Å². The molecule has 1 aromatic heterocycles. The van der Waals surface area contributed by atoms with Crippen LogP contribution in [0.4, 0.5) is 13.2 Å². The summed E-state index contributed by atoms with van der Waals surface area (Å²) >= 11 is 0. The zero-order chi connectivity index (χ0) is 10.0. The molecule has 0 unspecified atom stereocenters. The van der Waals surface area contributed by atoms with Crippen LogP contribution in [0.15, 0.2) is 6.20 Å². The van der Waals surface area contributed by atoms with Gasteiger partial charge in [-0.1, -0.05) is 0 Å². The summed E-state index contributed by atoms with van der Waals surface area (Å²) in [6.07, 6.45) is -2.11. The molecule has 0 aliphatic rings. The summed E-state index contributed by atoms with van der Waals surface area (Å²) < 4.78 is 37.0. The van der Waals surface area contributed by atoms with Crippen molar-refractivity contribution in [3.63, 3.8) is 0 Å². The fourth-order valence-corrected chi connectivity index (χ4v) is 0.832. The van der Waals surface area contributed by atoms with Gasteiger partial charge in [-0.3, -0.25) is 4.98 Å². The number of aromatic hydroxyl groups is 1. The third-order valence-corrected chi connectivity index (χ3v) is 1.52. The number of pyridine rings is 1. The molecule has 72 valence electrons. The first-order valence-electron chi connectivity index (χ1n) is 3.42. The Bertz CT molecular complexity index is 317. The lowest BCUT2D eigenvalue weighted by Gasteiger charge is -2.05. The second kappa shape index (κ2) is 3.61. The van der Waals surface area contributed by atoms with Crippen LogP contribution in [0.2, 0.25) is 0 Å². The van der Waals surface area contributed by atoms with Crippen molar-refractivity contribution in [2.45, 2.75) is 13.0 Å². The van der Waals surface area contributed by atoms with Gasteiger partial charge < -0.3 is 10.8 Å². The first kappa shape index (κ1) is 9.79. The Morgan fingerprint density at radius 3 is 2.62 bits per heavy atom. The highest BCUT2D eigenvalue weighted by atomic mass is 19.3. The van der Waals surface area contributed by atoms with Crippen LogP contribution < -0.4 is 5.73 Å². The molecule has 0 aliphatic heterocycles. The summed E-state index contributed by atoms with van der Waals surface area (Å²) in [6, 6.07) is 0. The van der Waals surface area contributed by atoms with E-state index in [-0.39, 0.29) is 12.1 Å². The Morgan fingerprint density at radius 1 is 1.54 bits per heavy atom. The van der Waals surface area contributed by atoms with Crippen molar-refractivity contribution in [1.82, 2.24) is 4.98 Å². The molecule has 0 bridgehead atoms. The monoisotopic (exact) mass is 192 g/mol. The molecule has 0 aromatic carbocycles. The molecule has 0 aliphatic carbocycles. The third kappa shape index (κ3) is 1.72. The number of rotatable bonds is 2. The molecule has 0 saturated heterocycles. The van der Waals surface area contributed by atoms with Gasteiger partial charge in [0.2, 0.25) is 0 Å². The first-order valence-corrected chi connectivity index (χ1v) is 3.42. The van der Waals surface area contributed by atoms with Crippen molar-refractivity contribution in [2.24, 2.45) is 5.73 Å². The van der Waals surface area contributed by atoms with Gasteiger partial charge in [0.25, 0.3) is 6.43 Å². The molecule has 0 radical (unpaired) electrons. The number of aromatic nitrogens is 1. The van der Waals surface area contributed by atoms with Crippen LogP contribution in [0, 0.1) is 5.82 Å². The van der Waals surface area contributed by atoms with Gasteiger partial charge in [0.15, 0.2) is 17.3 Å². The third-order valence-electron chi connectivity index (χ3n) is 1.52. The molecular formula is C7H7F3N2O.